The second kappa shape index (κ2) is 5.62. The van der Waals surface area contributed by atoms with Crippen molar-refractivity contribution >= 4 is 39.0 Å². The Morgan fingerprint density at radius 3 is 3.00 bits per heavy atom. The first-order valence-corrected chi connectivity index (χ1v) is 6.72. The van der Waals surface area contributed by atoms with Crippen LogP contribution in [-0.4, -0.2) is 42.1 Å². The molecule has 0 fully saturated rings. The summed E-state index contributed by atoms with van der Waals surface area (Å²) in [5.41, 5.74) is 0. The average molecular weight is 271 g/mol. The van der Waals surface area contributed by atoms with Gasteiger partial charge in [-0.1, -0.05) is 0 Å². The van der Waals surface area contributed by atoms with Gasteiger partial charge in [-0.2, -0.15) is 0 Å². The van der Waals surface area contributed by atoms with Gasteiger partial charge in [0.1, 0.15) is 10.6 Å². The molecule has 0 bridgehead atoms. The lowest BCUT2D eigenvalue weighted by Gasteiger charge is -2.10. The normalized spacial score (nSPS) is 11.3. The van der Waals surface area contributed by atoms with E-state index in [4.69, 9.17) is 11.6 Å². The Morgan fingerprint density at radius 2 is 2.24 bits per heavy atom. The van der Waals surface area contributed by atoms with Gasteiger partial charge in [-0.15, -0.1) is 11.3 Å². The zero-order valence-electron chi connectivity index (χ0n) is 9.90. The molecule has 0 aliphatic carbocycles. The van der Waals surface area contributed by atoms with Crippen molar-refractivity contribution in [1.29, 1.82) is 0 Å². The molecule has 92 valence electrons. The fraction of sp³-hybridized carbons (Fsp3) is 0.455. The fourth-order valence-corrected chi connectivity index (χ4v) is 2.55. The van der Waals surface area contributed by atoms with Crippen molar-refractivity contribution in [1.82, 2.24) is 14.9 Å². The predicted molar refractivity (Wildman–Crippen MR) is 74.1 cm³/mol. The van der Waals surface area contributed by atoms with Gasteiger partial charge in [-0.25, -0.2) is 9.97 Å². The molecular weight excluding hydrogens is 256 g/mol. The monoisotopic (exact) mass is 270 g/mol. The molecule has 0 atom stereocenters. The SMILES string of the molecule is CN(C)CCCNc1nc(Cl)nc2sccc12. The van der Waals surface area contributed by atoms with Gasteiger partial charge in [0.25, 0.3) is 0 Å². The summed E-state index contributed by atoms with van der Waals surface area (Å²) in [4.78, 5) is 11.5. The molecule has 0 saturated heterocycles. The van der Waals surface area contributed by atoms with Gasteiger partial charge in [0.05, 0.1) is 5.39 Å². The summed E-state index contributed by atoms with van der Waals surface area (Å²) in [6, 6.07) is 2.02. The van der Waals surface area contributed by atoms with Gasteiger partial charge in [-0.05, 0) is 50.1 Å². The molecule has 0 unspecified atom stereocenters. The highest BCUT2D eigenvalue weighted by atomic mass is 35.5. The molecule has 0 spiro atoms. The highest BCUT2D eigenvalue weighted by Gasteiger charge is 2.06. The third-order valence-electron chi connectivity index (χ3n) is 2.37. The number of thiophene rings is 1. The lowest BCUT2D eigenvalue weighted by Crippen LogP contribution is -2.16. The number of anilines is 1. The smallest absolute Gasteiger partial charge is 0.225 e. The average Bonchev–Trinajstić information content (AvgIpc) is 2.71. The van der Waals surface area contributed by atoms with E-state index < -0.39 is 0 Å². The quantitative estimate of drug-likeness (QED) is 0.670. The molecule has 2 heterocycles. The predicted octanol–water partition coefficient (Wildman–Crippen LogP) is 2.71. The van der Waals surface area contributed by atoms with Crippen LogP contribution in [0.4, 0.5) is 5.82 Å². The van der Waals surface area contributed by atoms with Crippen molar-refractivity contribution < 1.29 is 0 Å². The van der Waals surface area contributed by atoms with E-state index in [1.165, 1.54) is 0 Å². The summed E-state index contributed by atoms with van der Waals surface area (Å²) < 4.78 is 0. The summed E-state index contributed by atoms with van der Waals surface area (Å²) in [5, 5.41) is 6.66. The van der Waals surface area contributed by atoms with Crippen molar-refractivity contribution in [3.63, 3.8) is 0 Å². The maximum Gasteiger partial charge on any atom is 0.225 e. The number of nitrogens with one attached hydrogen (secondary N) is 1. The van der Waals surface area contributed by atoms with E-state index in [2.05, 4.69) is 34.3 Å². The molecule has 0 aliphatic heterocycles. The van der Waals surface area contributed by atoms with Gasteiger partial charge in [-0.3, -0.25) is 0 Å². The zero-order chi connectivity index (χ0) is 12.3. The zero-order valence-corrected chi connectivity index (χ0v) is 11.5. The van der Waals surface area contributed by atoms with Crippen LogP contribution >= 0.6 is 22.9 Å². The van der Waals surface area contributed by atoms with Crippen LogP contribution < -0.4 is 5.32 Å². The summed E-state index contributed by atoms with van der Waals surface area (Å²) in [6.45, 7) is 1.94. The molecule has 0 saturated carbocycles. The number of rotatable bonds is 5. The van der Waals surface area contributed by atoms with E-state index in [0.29, 0.717) is 5.28 Å². The minimum Gasteiger partial charge on any atom is -0.369 e. The van der Waals surface area contributed by atoms with Crippen molar-refractivity contribution in [3.8, 4) is 0 Å². The Morgan fingerprint density at radius 1 is 1.41 bits per heavy atom. The summed E-state index contributed by atoms with van der Waals surface area (Å²) in [7, 11) is 4.14. The second-order valence-corrected chi connectivity index (χ2v) is 5.30. The van der Waals surface area contributed by atoms with Crippen molar-refractivity contribution in [2.45, 2.75) is 6.42 Å². The number of hydrogen-bond acceptors (Lipinski definition) is 5. The van der Waals surface area contributed by atoms with Gasteiger partial charge < -0.3 is 10.2 Å². The van der Waals surface area contributed by atoms with Crippen molar-refractivity contribution in [2.75, 3.05) is 32.5 Å². The molecule has 0 aliphatic rings. The molecule has 1 N–H and O–H groups in total. The molecule has 2 aromatic heterocycles. The van der Waals surface area contributed by atoms with Crippen molar-refractivity contribution in [3.05, 3.63) is 16.7 Å². The first kappa shape index (κ1) is 12.5. The third kappa shape index (κ3) is 3.28. The van der Waals surface area contributed by atoms with E-state index in [1.807, 2.05) is 11.4 Å². The van der Waals surface area contributed by atoms with Gasteiger partial charge in [0.15, 0.2) is 0 Å². The Balaban J connectivity index is 2.04. The lowest BCUT2D eigenvalue weighted by molar-refractivity contribution is 0.405. The Bertz CT molecular complexity index is 497. The largest absolute Gasteiger partial charge is 0.369 e. The van der Waals surface area contributed by atoms with E-state index in [1.54, 1.807) is 11.3 Å². The first-order valence-electron chi connectivity index (χ1n) is 5.46. The topological polar surface area (TPSA) is 41.0 Å². The third-order valence-corrected chi connectivity index (χ3v) is 3.35. The highest BCUT2D eigenvalue weighted by Crippen LogP contribution is 2.26. The molecule has 0 radical (unpaired) electrons. The van der Waals surface area contributed by atoms with Gasteiger partial charge in [0, 0.05) is 6.54 Å². The van der Waals surface area contributed by atoms with Crippen LogP contribution in [0, 0.1) is 0 Å². The Kier molecular flexibility index (Phi) is 4.15. The molecule has 0 amide bonds. The summed E-state index contributed by atoms with van der Waals surface area (Å²) >= 11 is 7.46. The van der Waals surface area contributed by atoms with Crippen LogP contribution in [0.5, 0.6) is 0 Å². The van der Waals surface area contributed by atoms with Crippen LogP contribution in [0.15, 0.2) is 11.4 Å². The molecular formula is C11H15ClN4S. The summed E-state index contributed by atoms with van der Waals surface area (Å²) in [5.74, 6) is 0.833. The first-order chi connectivity index (χ1) is 8.16. The minimum atomic E-state index is 0.301. The van der Waals surface area contributed by atoms with Crippen molar-refractivity contribution in [2.24, 2.45) is 0 Å². The number of hydrogen-bond donors (Lipinski definition) is 1. The number of halogens is 1. The number of fused-ring (bicyclic) bond motifs is 1. The number of nitrogens with zero attached hydrogens (tertiary/aromatic N) is 3. The van der Waals surface area contributed by atoms with E-state index in [9.17, 15) is 0 Å². The maximum atomic E-state index is 5.88. The molecule has 2 rings (SSSR count). The lowest BCUT2D eigenvalue weighted by atomic mass is 10.3. The van der Waals surface area contributed by atoms with Crippen LogP contribution in [0.1, 0.15) is 6.42 Å². The molecule has 0 aromatic carbocycles. The number of aromatic nitrogens is 2. The Labute approximate surface area is 110 Å². The maximum absolute atomic E-state index is 5.88. The van der Waals surface area contributed by atoms with Crippen LogP contribution in [-0.2, 0) is 0 Å². The van der Waals surface area contributed by atoms with Crippen LogP contribution in [0.25, 0.3) is 10.2 Å². The highest BCUT2D eigenvalue weighted by molar-refractivity contribution is 7.16. The van der Waals surface area contributed by atoms with Crippen LogP contribution in [0.2, 0.25) is 5.28 Å². The standard InChI is InChI=1S/C11H15ClN4S/c1-16(2)6-3-5-13-9-8-4-7-17-10(8)15-11(12)14-9/h4,7H,3,5-6H2,1-2H3,(H,13,14,15). The minimum absolute atomic E-state index is 0.301. The molecule has 6 heteroatoms. The van der Waals surface area contributed by atoms with E-state index in [-0.39, 0.29) is 0 Å². The van der Waals surface area contributed by atoms with E-state index in [0.717, 1.165) is 35.5 Å². The van der Waals surface area contributed by atoms with Gasteiger partial charge >= 0.3 is 0 Å². The Hall–Kier alpha value is -0.910. The molecule has 4 nitrogen and oxygen atoms in total. The fourth-order valence-electron chi connectivity index (χ4n) is 1.57. The molecule has 2 aromatic rings. The molecule has 17 heavy (non-hydrogen) atoms. The summed E-state index contributed by atoms with van der Waals surface area (Å²) in [6.07, 6.45) is 1.07. The van der Waals surface area contributed by atoms with Gasteiger partial charge in [0.2, 0.25) is 5.28 Å². The van der Waals surface area contributed by atoms with E-state index >= 15 is 0 Å². The second-order valence-electron chi connectivity index (χ2n) is 4.06. The van der Waals surface area contributed by atoms with Crippen LogP contribution in [0.3, 0.4) is 0 Å².